The van der Waals surface area contributed by atoms with Crippen LogP contribution in [0, 0.1) is 0 Å². The molecule has 1 aliphatic carbocycles. The lowest BCUT2D eigenvalue weighted by atomic mass is 9.86. The van der Waals surface area contributed by atoms with Gasteiger partial charge >= 0.3 is 18.9 Å². The molecule has 3 aliphatic rings. The van der Waals surface area contributed by atoms with Gasteiger partial charge in [-0.3, -0.25) is 4.79 Å². The first-order valence-electron chi connectivity index (χ1n) is 12.7. The molecule has 3 aromatic carbocycles. The minimum Gasteiger partial charge on any atom is -0.485 e. The maximum Gasteiger partial charge on any atom is 0.586 e. The molecule has 2 heterocycles. The summed E-state index contributed by atoms with van der Waals surface area (Å²) in [5.74, 6) is -1.88. The number of nitrogens with one attached hydrogen (secondary N) is 1. The molecule has 0 saturated heterocycles. The average Bonchev–Trinajstić information content (AvgIpc) is 3.65. The van der Waals surface area contributed by atoms with E-state index in [1.807, 2.05) is 0 Å². The number of alkyl halides is 4. The summed E-state index contributed by atoms with van der Waals surface area (Å²) in [7, 11) is 1.26. The van der Waals surface area contributed by atoms with Crippen molar-refractivity contribution < 1.29 is 50.8 Å². The Morgan fingerprint density at radius 3 is 2.49 bits per heavy atom. The summed E-state index contributed by atoms with van der Waals surface area (Å²) in [5, 5.41) is 3.06. The van der Waals surface area contributed by atoms with Crippen LogP contribution in [0.3, 0.4) is 0 Å². The minimum absolute atomic E-state index is 0.0990. The lowest BCUT2D eigenvalue weighted by Crippen LogP contribution is -2.40. The van der Waals surface area contributed by atoms with E-state index in [1.54, 1.807) is 30.3 Å². The molecular weight excluding hydrogens is 550 g/mol. The number of rotatable bonds is 7. The minimum atomic E-state index is -3.76. The summed E-state index contributed by atoms with van der Waals surface area (Å²) >= 11 is 0. The van der Waals surface area contributed by atoms with Crippen molar-refractivity contribution in [3.8, 4) is 23.0 Å². The predicted molar refractivity (Wildman–Crippen MR) is 133 cm³/mol. The van der Waals surface area contributed by atoms with E-state index < -0.39 is 36.4 Å². The Morgan fingerprint density at radius 2 is 1.76 bits per heavy atom. The van der Waals surface area contributed by atoms with E-state index in [0.29, 0.717) is 29.5 Å². The number of carbonyl (C=O) groups excluding carboxylic acids is 2. The number of hydrogen-bond acceptors (Lipinski definition) is 7. The Hall–Kier alpha value is -4.48. The highest BCUT2D eigenvalue weighted by molar-refractivity contribution is 5.89. The molecule has 41 heavy (non-hydrogen) atoms. The fraction of sp³-hybridized carbons (Fsp3) is 0.310. The van der Waals surface area contributed by atoms with Crippen molar-refractivity contribution in [2.24, 2.45) is 0 Å². The van der Waals surface area contributed by atoms with E-state index in [9.17, 15) is 27.2 Å². The van der Waals surface area contributed by atoms with Crippen molar-refractivity contribution in [2.45, 2.75) is 49.7 Å². The van der Waals surface area contributed by atoms with E-state index in [2.05, 4.69) is 19.5 Å². The van der Waals surface area contributed by atoms with Gasteiger partial charge in [0.15, 0.2) is 11.5 Å². The van der Waals surface area contributed by atoms with Gasteiger partial charge in [0.05, 0.1) is 24.1 Å². The first kappa shape index (κ1) is 26.7. The van der Waals surface area contributed by atoms with E-state index >= 15 is 0 Å². The number of esters is 1. The summed E-state index contributed by atoms with van der Waals surface area (Å²) < 4.78 is 77.4. The quantitative estimate of drug-likeness (QED) is 0.282. The Balaban J connectivity index is 1.30. The number of amides is 1. The molecule has 3 aromatic rings. The molecule has 2 aliphatic heterocycles. The van der Waals surface area contributed by atoms with Crippen LogP contribution >= 0.6 is 0 Å². The number of benzene rings is 3. The van der Waals surface area contributed by atoms with E-state index in [1.165, 1.54) is 37.4 Å². The molecule has 1 N–H and O–H groups in total. The number of hydrogen-bond donors (Lipinski definition) is 1. The number of carbonyl (C=O) groups is 2. The van der Waals surface area contributed by atoms with Gasteiger partial charge in [0.2, 0.25) is 5.91 Å². The Morgan fingerprint density at radius 1 is 0.976 bits per heavy atom. The predicted octanol–water partition coefficient (Wildman–Crippen LogP) is 5.81. The highest BCUT2D eigenvalue weighted by Crippen LogP contribution is 2.51. The van der Waals surface area contributed by atoms with Crippen molar-refractivity contribution in [2.75, 3.05) is 7.11 Å². The molecule has 12 heteroatoms. The van der Waals surface area contributed by atoms with Crippen LogP contribution in [0.5, 0.6) is 23.0 Å². The van der Waals surface area contributed by atoms with Crippen LogP contribution in [0.4, 0.5) is 17.6 Å². The third-order valence-electron chi connectivity index (χ3n) is 7.37. The lowest BCUT2D eigenvalue weighted by Gasteiger charge is -2.33. The fourth-order valence-electron chi connectivity index (χ4n) is 5.24. The van der Waals surface area contributed by atoms with Gasteiger partial charge in [-0.2, -0.15) is 8.78 Å². The molecule has 1 amide bonds. The van der Waals surface area contributed by atoms with Crippen molar-refractivity contribution in [1.82, 2.24) is 5.32 Å². The second kappa shape index (κ2) is 9.86. The SMILES string of the molecule is COC(=O)c1cccc([C@H]2C[C@@H](C(=O)NC3(c4ccc5c(c4)OC(F)(F)O5)CC3)c3ccc(OC(F)F)cc3O2)c1. The molecule has 0 unspecified atom stereocenters. The molecular formula is C29H23F4NO7. The topological polar surface area (TPSA) is 92.3 Å². The van der Waals surface area contributed by atoms with Crippen LogP contribution < -0.4 is 24.3 Å². The van der Waals surface area contributed by atoms with Crippen LogP contribution in [0.1, 0.15) is 58.3 Å². The maximum absolute atomic E-state index is 13.8. The standard InChI is InChI=1S/C29H23F4NO7/c1-37-26(36)16-4-2-3-15(11-16)22-14-20(19-7-6-18(38-27(30)31)13-23(19)39-22)25(35)34-28(9-10-28)17-5-8-21-24(12-17)41-29(32,33)40-21/h2-8,11-13,20,22,27H,9-10,14H2,1H3,(H,34,35)/t20-,22-/m1/s1. The van der Waals surface area contributed by atoms with Gasteiger partial charge in [-0.25, -0.2) is 4.79 Å². The zero-order chi connectivity index (χ0) is 28.9. The van der Waals surface area contributed by atoms with Gasteiger partial charge in [-0.1, -0.05) is 24.3 Å². The molecule has 2 atom stereocenters. The number of ether oxygens (including phenoxy) is 5. The molecule has 1 saturated carbocycles. The summed E-state index contributed by atoms with van der Waals surface area (Å²) in [4.78, 5) is 25.9. The Kier molecular flexibility index (Phi) is 6.43. The second-order valence-electron chi connectivity index (χ2n) is 9.99. The molecule has 0 radical (unpaired) electrons. The number of halogens is 4. The van der Waals surface area contributed by atoms with Crippen molar-refractivity contribution in [1.29, 1.82) is 0 Å². The maximum atomic E-state index is 13.8. The van der Waals surface area contributed by atoms with Gasteiger partial charge in [-0.05, 0) is 54.3 Å². The van der Waals surface area contributed by atoms with Gasteiger partial charge in [0.25, 0.3) is 0 Å². The molecule has 0 aromatic heterocycles. The van der Waals surface area contributed by atoms with Gasteiger partial charge in [0.1, 0.15) is 17.6 Å². The van der Waals surface area contributed by atoms with Gasteiger partial charge < -0.3 is 29.0 Å². The van der Waals surface area contributed by atoms with E-state index in [0.717, 1.165) is 0 Å². The Bertz CT molecular complexity index is 1520. The third kappa shape index (κ3) is 5.21. The Labute approximate surface area is 231 Å². The first-order valence-corrected chi connectivity index (χ1v) is 12.7. The van der Waals surface area contributed by atoms with Gasteiger partial charge in [-0.15, -0.1) is 8.78 Å². The van der Waals surface area contributed by atoms with Gasteiger partial charge in [0, 0.05) is 18.1 Å². The summed E-state index contributed by atoms with van der Waals surface area (Å²) in [6.45, 7) is -3.06. The largest absolute Gasteiger partial charge is 0.586 e. The molecule has 0 bridgehead atoms. The lowest BCUT2D eigenvalue weighted by molar-refractivity contribution is -0.286. The average molecular weight is 573 g/mol. The van der Waals surface area contributed by atoms with Crippen molar-refractivity contribution in [3.05, 3.63) is 82.9 Å². The zero-order valence-electron chi connectivity index (χ0n) is 21.5. The second-order valence-corrected chi connectivity index (χ2v) is 9.99. The van der Waals surface area contributed by atoms with Crippen LogP contribution in [0.25, 0.3) is 0 Å². The molecule has 6 rings (SSSR count). The summed E-state index contributed by atoms with van der Waals surface area (Å²) in [5.41, 5.74) is 1.10. The van der Waals surface area contributed by atoms with Crippen molar-refractivity contribution in [3.63, 3.8) is 0 Å². The van der Waals surface area contributed by atoms with E-state index in [4.69, 9.17) is 9.47 Å². The molecule has 214 valence electrons. The zero-order valence-corrected chi connectivity index (χ0v) is 21.5. The molecule has 0 spiro atoms. The monoisotopic (exact) mass is 573 g/mol. The van der Waals surface area contributed by atoms with Crippen LogP contribution in [0.2, 0.25) is 0 Å². The fourth-order valence-corrected chi connectivity index (χ4v) is 5.24. The number of methoxy groups -OCH3 is 1. The highest BCUT2D eigenvalue weighted by atomic mass is 19.3. The third-order valence-corrected chi connectivity index (χ3v) is 7.37. The van der Waals surface area contributed by atoms with Crippen LogP contribution in [-0.2, 0) is 15.1 Å². The summed E-state index contributed by atoms with van der Waals surface area (Å²) in [6, 6.07) is 15.1. The smallest absolute Gasteiger partial charge is 0.485 e. The summed E-state index contributed by atoms with van der Waals surface area (Å²) in [6.07, 6.45) is -3.18. The van der Waals surface area contributed by atoms with Crippen molar-refractivity contribution >= 4 is 11.9 Å². The normalized spacial score (nSPS) is 20.9. The first-order chi connectivity index (χ1) is 19.6. The van der Waals surface area contributed by atoms with Crippen LogP contribution in [0.15, 0.2) is 60.7 Å². The van der Waals surface area contributed by atoms with Crippen LogP contribution in [-0.4, -0.2) is 31.9 Å². The number of fused-ring (bicyclic) bond motifs is 2. The van der Waals surface area contributed by atoms with E-state index in [-0.39, 0.29) is 40.9 Å². The molecule has 8 nitrogen and oxygen atoms in total. The molecule has 1 fully saturated rings. The highest BCUT2D eigenvalue weighted by Gasteiger charge is 2.50.